The van der Waals surface area contributed by atoms with Gasteiger partial charge >= 0.3 is 0 Å². The van der Waals surface area contributed by atoms with E-state index in [0.29, 0.717) is 18.1 Å². The van der Waals surface area contributed by atoms with Crippen LogP contribution in [0.5, 0.6) is 11.5 Å². The molecule has 16 heavy (non-hydrogen) atoms. The zero-order chi connectivity index (χ0) is 12.0. The van der Waals surface area contributed by atoms with Gasteiger partial charge in [-0.15, -0.1) is 0 Å². The van der Waals surface area contributed by atoms with Crippen LogP contribution in [0.4, 0.5) is 0 Å². The maximum Gasteiger partial charge on any atom is 0.245 e. The molecule has 0 unspecified atom stereocenters. The first-order chi connectivity index (χ1) is 7.69. The minimum Gasteiger partial charge on any atom is -0.493 e. The fourth-order valence-corrected chi connectivity index (χ4v) is 1.34. The SMILES string of the molecule is CCOc1c(/C=C/C(=O)Cl)cccc1OC. The Morgan fingerprint density at radius 1 is 1.50 bits per heavy atom. The number of benzene rings is 1. The van der Waals surface area contributed by atoms with Crippen molar-refractivity contribution in [2.45, 2.75) is 6.92 Å². The van der Waals surface area contributed by atoms with Gasteiger partial charge in [-0.2, -0.15) is 0 Å². The predicted molar refractivity (Wildman–Crippen MR) is 64.1 cm³/mol. The summed E-state index contributed by atoms with van der Waals surface area (Å²) in [6.45, 7) is 2.41. The normalized spacial score (nSPS) is 10.4. The van der Waals surface area contributed by atoms with E-state index < -0.39 is 5.24 Å². The summed E-state index contributed by atoms with van der Waals surface area (Å²) in [6, 6.07) is 5.44. The van der Waals surface area contributed by atoms with E-state index in [1.807, 2.05) is 19.1 Å². The topological polar surface area (TPSA) is 35.5 Å². The van der Waals surface area contributed by atoms with Crippen molar-refractivity contribution >= 4 is 22.9 Å². The third kappa shape index (κ3) is 3.28. The quantitative estimate of drug-likeness (QED) is 0.587. The highest BCUT2D eigenvalue weighted by Crippen LogP contribution is 2.31. The molecule has 0 heterocycles. The van der Waals surface area contributed by atoms with Crippen LogP contribution in [0.25, 0.3) is 6.08 Å². The lowest BCUT2D eigenvalue weighted by Crippen LogP contribution is -1.97. The summed E-state index contributed by atoms with van der Waals surface area (Å²) >= 11 is 5.23. The van der Waals surface area contributed by atoms with Gasteiger partial charge in [-0.25, -0.2) is 0 Å². The van der Waals surface area contributed by atoms with Gasteiger partial charge < -0.3 is 9.47 Å². The number of rotatable bonds is 5. The zero-order valence-corrected chi connectivity index (χ0v) is 9.95. The number of hydrogen-bond acceptors (Lipinski definition) is 3. The van der Waals surface area contributed by atoms with Crippen molar-refractivity contribution in [1.82, 2.24) is 0 Å². The van der Waals surface area contributed by atoms with Crippen molar-refractivity contribution in [2.24, 2.45) is 0 Å². The van der Waals surface area contributed by atoms with Crippen molar-refractivity contribution in [2.75, 3.05) is 13.7 Å². The van der Waals surface area contributed by atoms with Crippen molar-refractivity contribution in [3.63, 3.8) is 0 Å². The lowest BCUT2D eigenvalue weighted by molar-refractivity contribution is -0.107. The van der Waals surface area contributed by atoms with E-state index in [9.17, 15) is 4.79 Å². The number of halogens is 1. The fourth-order valence-electron chi connectivity index (χ4n) is 1.28. The van der Waals surface area contributed by atoms with Crippen LogP contribution < -0.4 is 9.47 Å². The van der Waals surface area contributed by atoms with Crippen LogP contribution in [0.2, 0.25) is 0 Å². The van der Waals surface area contributed by atoms with E-state index in [2.05, 4.69) is 0 Å². The Bertz CT molecular complexity index is 399. The molecule has 0 atom stereocenters. The highest BCUT2D eigenvalue weighted by molar-refractivity contribution is 6.66. The molecule has 0 spiro atoms. The molecular weight excluding hydrogens is 228 g/mol. The van der Waals surface area contributed by atoms with E-state index in [1.165, 1.54) is 6.08 Å². The van der Waals surface area contributed by atoms with Crippen molar-refractivity contribution in [1.29, 1.82) is 0 Å². The molecule has 0 radical (unpaired) electrons. The maximum absolute atomic E-state index is 10.6. The van der Waals surface area contributed by atoms with E-state index in [-0.39, 0.29) is 0 Å². The van der Waals surface area contributed by atoms with Crippen LogP contribution in [0.15, 0.2) is 24.3 Å². The first-order valence-corrected chi connectivity index (χ1v) is 5.24. The standard InChI is InChI=1S/C12H13ClO3/c1-3-16-12-9(7-8-11(13)14)5-4-6-10(12)15-2/h4-8H,3H2,1-2H3/b8-7+. The van der Waals surface area contributed by atoms with Crippen molar-refractivity contribution in [3.8, 4) is 11.5 Å². The van der Waals surface area contributed by atoms with Crippen LogP contribution in [0.3, 0.4) is 0 Å². The lowest BCUT2D eigenvalue weighted by atomic mass is 10.1. The van der Waals surface area contributed by atoms with Gasteiger partial charge in [0.1, 0.15) is 0 Å². The van der Waals surface area contributed by atoms with Gasteiger partial charge in [-0.3, -0.25) is 4.79 Å². The maximum atomic E-state index is 10.6. The minimum atomic E-state index is -0.523. The van der Waals surface area contributed by atoms with Crippen LogP contribution >= 0.6 is 11.6 Å². The average molecular weight is 241 g/mol. The molecule has 0 saturated carbocycles. The number of hydrogen-bond donors (Lipinski definition) is 0. The Balaban J connectivity index is 3.10. The molecular formula is C12H13ClO3. The largest absolute Gasteiger partial charge is 0.493 e. The van der Waals surface area contributed by atoms with Gasteiger partial charge in [0.05, 0.1) is 13.7 Å². The molecule has 0 amide bonds. The van der Waals surface area contributed by atoms with Gasteiger partial charge in [0.2, 0.25) is 5.24 Å². The zero-order valence-electron chi connectivity index (χ0n) is 9.20. The summed E-state index contributed by atoms with van der Waals surface area (Å²) in [5, 5.41) is -0.523. The smallest absolute Gasteiger partial charge is 0.245 e. The Labute approximate surface area is 99.6 Å². The summed E-state index contributed by atoms with van der Waals surface area (Å²) in [4.78, 5) is 10.6. The number of methoxy groups -OCH3 is 1. The van der Waals surface area contributed by atoms with Gasteiger partial charge in [0.15, 0.2) is 11.5 Å². The molecule has 3 nitrogen and oxygen atoms in total. The summed E-state index contributed by atoms with van der Waals surface area (Å²) in [5.74, 6) is 1.24. The second-order valence-corrected chi connectivity index (χ2v) is 3.32. The molecule has 0 fully saturated rings. The molecule has 4 heteroatoms. The summed E-state index contributed by atoms with van der Waals surface area (Å²) < 4.78 is 10.6. The van der Waals surface area contributed by atoms with Crippen molar-refractivity contribution < 1.29 is 14.3 Å². The minimum absolute atomic E-state index is 0.523. The van der Waals surface area contributed by atoms with E-state index >= 15 is 0 Å². The third-order valence-corrected chi connectivity index (χ3v) is 2.04. The Morgan fingerprint density at radius 2 is 2.25 bits per heavy atom. The monoisotopic (exact) mass is 240 g/mol. The summed E-state index contributed by atoms with van der Waals surface area (Å²) in [6.07, 6.45) is 2.88. The second kappa shape index (κ2) is 6.18. The molecule has 1 aromatic carbocycles. The number of carbonyl (C=O) groups excluding carboxylic acids is 1. The van der Waals surface area contributed by atoms with Crippen LogP contribution in [-0.2, 0) is 4.79 Å². The Morgan fingerprint density at radius 3 is 2.81 bits per heavy atom. The van der Waals surface area contributed by atoms with Gasteiger partial charge in [0.25, 0.3) is 0 Å². The molecule has 0 aliphatic carbocycles. The lowest BCUT2D eigenvalue weighted by Gasteiger charge is -2.11. The molecule has 0 N–H and O–H groups in total. The highest BCUT2D eigenvalue weighted by Gasteiger charge is 2.07. The number of ether oxygens (including phenoxy) is 2. The average Bonchev–Trinajstić information content (AvgIpc) is 2.27. The molecule has 86 valence electrons. The van der Waals surface area contributed by atoms with Crippen molar-refractivity contribution in [3.05, 3.63) is 29.8 Å². The molecule has 0 aliphatic rings. The van der Waals surface area contributed by atoms with Crippen LogP contribution in [0, 0.1) is 0 Å². The number of carbonyl (C=O) groups is 1. The van der Waals surface area contributed by atoms with E-state index in [4.69, 9.17) is 21.1 Å². The Hall–Kier alpha value is -1.48. The number of allylic oxidation sites excluding steroid dienone is 1. The van der Waals surface area contributed by atoms with Crippen LogP contribution in [-0.4, -0.2) is 19.0 Å². The van der Waals surface area contributed by atoms with Gasteiger partial charge in [-0.05, 0) is 36.7 Å². The second-order valence-electron chi connectivity index (χ2n) is 2.95. The van der Waals surface area contributed by atoms with Gasteiger partial charge in [-0.1, -0.05) is 12.1 Å². The first kappa shape index (κ1) is 12.6. The fraction of sp³-hybridized carbons (Fsp3) is 0.250. The van der Waals surface area contributed by atoms with Gasteiger partial charge in [0, 0.05) is 5.56 Å². The molecule has 1 rings (SSSR count). The molecule has 0 bridgehead atoms. The van der Waals surface area contributed by atoms with Crippen LogP contribution in [0.1, 0.15) is 12.5 Å². The van der Waals surface area contributed by atoms with E-state index in [0.717, 1.165) is 5.56 Å². The molecule has 0 aliphatic heterocycles. The molecule has 0 aromatic heterocycles. The number of para-hydroxylation sites is 1. The third-order valence-electron chi connectivity index (χ3n) is 1.91. The molecule has 1 aromatic rings. The summed E-state index contributed by atoms with van der Waals surface area (Å²) in [7, 11) is 1.57. The molecule has 0 saturated heterocycles. The highest BCUT2D eigenvalue weighted by atomic mass is 35.5. The first-order valence-electron chi connectivity index (χ1n) is 4.86. The summed E-state index contributed by atoms with van der Waals surface area (Å²) in [5.41, 5.74) is 0.759. The Kier molecular flexibility index (Phi) is 4.86. The predicted octanol–water partition coefficient (Wildman–Crippen LogP) is 2.87. The van der Waals surface area contributed by atoms with E-state index in [1.54, 1.807) is 19.3 Å².